The van der Waals surface area contributed by atoms with Gasteiger partial charge in [0.1, 0.15) is 5.60 Å². The van der Waals surface area contributed by atoms with E-state index in [9.17, 15) is 4.79 Å². The summed E-state index contributed by atoms with van der Waals surface area (Å²) in [5.74, 6) is 1.93. The van der Waals surface area contributed by atoms with Gasteiger partial charge in [-0.25, -0.2) is 0 Å². The van der Waals surface area contributed by atoms with Crippen LogP contribution in [0.2, 0.25) is 0 Å². The lowest BCUT2D eigenvalue weighted by atomic mass is 9.82. The van der Waals surface area contributed by atoms with E-state index in [0.717, 1.165) is 12.3 Å². The van der Waals surface area contributed by atoms with Crippen LogP contribution >= 0.6 is 0 Å². The zero-order valence-corrected chi connectivity index (χ0v) is 13.4. The summed E-state index contributed by atoms with van der Waals surface area (Å²) in [4.78, 5) is 12.1. The molecular weight excluding hydrogens is 252 g/mol. The van der Waals surface area contributed by atoms with E-state index in [0.29, 0.717) is 18.3 Å². The summed E-state index contributed by atoms with van der Waals surface area (Å²) in [7, 11) is 1.70. The van der Waals surface area contributed by atoms with Crippen LogP contribution in [0, 0.1) is 17.8 Å². The molecule has 3 heteroatoms. The number of hydrogen-bond donors (Lipinski definition) is 0. The fraction of sp³-hybridized carbons (Fsp3) is 0.824. The van der Waals surface area contributed by atoms with Crippen molar-refractivity contribution in [3.05, 3.63) is 12.2 Å². The third kappa shape index (κ3) is 3.85. The number of fused-ring (bicyclic) bond motifs is 2. The molecule has 2 aliphatic rings. The van der Waals surface area contributed by atoms with E-state index in [2.05, 4.69) is 12.2 Å². The third-order valence-electron chi connectivity index (χ3n) is 4.54. The van der Waals surface area contributed by atoms with Crippen LogP contribution < -0.4 is 0 Å². The van der Waals surface area contributed by atoms with Gasteiger partial charge >= 0.3 is 5.97 Å². The van der Waals surface area contributed by atoms with Gasteiger partial charge in [0, 0.05) is 7.11 Å². The number of methoxy groups -OCH3 is 1. The number of carbonyl (C=O) groups excluding carboxylic acids is 1. The minimum atomic E-state index is -0.430. The fourth-order valence-corrected chi connectivity index (χ4v) is 3.59. The smallest absolute Gasteiger partial charge is 0.309 e. The summed E-state index contributed by atoms with van der Waals surface area (Å²) in [6.45, 7) is 7.73. The molecule has 0 spiro atoms. The molecule has 114 valence electrons. The zero-order chi connectivity index (χ0) is 15.0. The summed E-state index contributed by atoms with van der Waals surface area (Å²) >= 11 is 0. The van der Waals surface area contributed by atoms with Gasteiger partial charge in [-0.05, 0) is 64.7 Å². The first-order chi connectivity index (χ1) is 9.21. The second kappa shape index (κ2) is 5.51. The summed E-state index contributed by atoms with van der Waals surface area (Å²) in [6, 6.07) is 0. The van der Waals surface area contributed by atoms with Crippen LogP contribution in [-0.4, -0.2) is 24.3 Å². The highest BCUT2D eigenvalue weighted by molar-refractivity contribution is 5.71. The predicted molar refractivity (Wildman–Crippen MR) is 79.3 cm³/mol. The first-order valence-electron chi connectivity index (χ1n) is 7.66. The molecular formula is C17H28O3. The molecule has 0 saturated heterocycles. The van der Waals surface area contributed by atoms with E-state index in [-0.39, 0.29) is 5.97 Å². The van der Waals surface area contributed by atoms with Crippen molar-refractivity contribution in [3.8, 4) is 0 Å². The Morgan fingerprint density at radius 3 is 2.35 bits per heavy atom. The maximum absolute atomic E-state index is 12.1. The molecule has 0 amide bonds. The van der Waals surface area contributed by atoms with Crippen molar-refractivity contribution in [1.82, 2.24) is 0 Å². The van der Waals surface area contributed by atoms with Gasteiger partial charge in [0.25, 0.3) is 0 Å². The minimum Gasteiger partial charge on any atom is -0.460 e. The number of esters is 1. The monoisotopic (exact) mass is 280 g/mol. The van der Waals surface area contributed by atoms with E-state index in [1.807, 2.05) is 27.7 Å². The molecule has 2 aliphatic carbocycles. The van der Waals surface area contributed by atoms with Gasteiger partial charge in [0.15, 0.2) is 0 Å². The van der Waals surface area contributed by atoms with Gasteiger partial charge in [0.2, 0.25) is 0 Å². The maximum Gasteiger partial charge on any atom is 0.309 e. The lowest BCUT2D eigenvalue weighted by Crippen LogP contribution is -2.36. The molecule has 3 nitrogen and oxygen atoms in total. The van der Waals surface area contributed by atoms with Crippen LogP contribution in [0.25, 0.3) is 0 Å². The Labute approximate surface area is 122 Å². The number of ether oxygens (including phenoxy) is 2. The normalized spacial score (nSPS) is 31.4. The second-order valence-electron chi connectivity index (χ2n) is 7.66. The highest BCUT2D eigenvalue weighted by Gasteiger charge is 2.41. The summed E-state index contributed by atoms with van der Waals surface area (Å²) in [5.41, 5.74) is -0.841. The Morgan fingerprint density at radius 2 is 1.90 bits per heavy atom. The van der Waals surface area contributed by atoms with Crippen molar-refractivity contribution in [3.63, 3.8) is 0 Å². The SMILES string of the molecule is COC(C)(CC(=O)OC(C)(C)C)CC1CC2C=CC1C2. The Hall–Kier alpha value is -0.830. The van der Waals surface area contributed by atoms with Gasteiger partial charge in [0.05, 0.1) is 12.0 Å². The molecule has 0 heterocycles. The number of carbonyl (C=O) groups is 1. The topological polar surface area (TPSA) is 35.5 Å². The molecule has 1 fully saturated rings. The van der Waals surface area contributed by atoms with Crippen molar-refractivity contribution in [1.29, 1.82) is 0 Å². The van der Waals surface area contributed by atoms with Gasteiger partial charge in [-0.3, -0.25) is 4.79 Å². The molecule has 0 N–H and O–H groups in total. The van der Waals surface area contributed by atoms with Crippen molar-refractivity contribution >= 4 is 5.97 Å². The molecule has 0 aromatic rings. The number of allylic oxidation sites excluding steroid dienone is 2. The van der Waals surface area contributed by atoms with Crippen LogP contribution in [0.4, 0.5) is 0 Å². The first kappa shape index (κ1) is 15.6. The van der Waals surface area contributed by atoms with Gasteiger partial charge in [-0.1, -0.05) is 12.2 Å². The Bertz CT molecular complexity index is 394. The first-order valence-corrected chi connectivity index (χ1v) is 7.66. The predicted octanol–water partition coefficient (Wildman–Crippen LogP) is 3.73. The highest BCUT2D eigenvalue weighted by Crippen LogP contribution is 2.47. The molecule has 1 saturated carbocycles. The van der Waals surface area contributed by atoms with Crippen LogP contribution in [0.15, 0.2) is 12.2 Å². The highest BCUT2D eigenvalue weighted by atomic mass is 16.6. The van der Waals surface area contributed by atoms with Crippen LogP contribution in [-0.2, 0) is 14.3 Å². The molecule has 0 aromatic carbocycles. The summed E-state index contributed by atoms with van der Waals surface area (Å²) < 4.78 is 11.1. The molecule has 4 unspecified atom stereocenters. The molecule has 0 aliphatic heterocycles. The Morgan fingerprint density at radius 1 is 1.20 bits per heavy atom. The Balaban J connectivity index is 1.92. The largest absolute Gasteiger partial charge is 0.460 e. The van der Waals surface area contributed by atoms with Crippen LogP contribution in [0.5, 0.6) is 0 Å². The summed E-state index contributed by atoms with van der Waals surface area (Å²) in [5, 5.41) is 0. The van der Waals surface area contributed by atoms with E-state index in [4.69, 9.17) is 9.47 Å². The maximum atomic E-state index is 12.1. The molecule has 0 radical (unpaired) electrons. The third-order valence-corrected chi connectivity index (χ3v) is 4.54. The van der Waals surface area contributed by atoms with E-state index < -0.39 is 11.2 Å². The Kier molecular flexibility index (Phi) is 4.29. The molecule has 2 bridgehead atoms. The number of rotatable bonds is 5. The lowest BCUT2D eigenvalue weighted by molar-refractivity contribution is -0.161. The van der Waals surface area contributed by atoms with Gasteiger partial charge in [-0.2, -0.15) is 0 Å². The molecule has 20 heavy (non-hydrogen) atoms. The van der Waals surface area contributed by atoms with E-state index in [1.165, 1.54) is 12.8 Å². The average Bonchev–Trinajstić information content (AvgIpc) is 2.87. The molecule has 4 atom stereocenters. The second-order valence-corrected chi connectivity index (χ2v) is 7.66. The van der Waals surface area contributed by atoms with E-state index >= 15 is 0 Å². The van der Waals surface area contributed by atoms with Crippen molar-refractivity contribution < 1.29 is 14.3 Å². The minimum absolute atomic E-state index is 0.166. The zero-order valence-electron chi connectivity index (χ0n) is 13.4. The van der Waals surface area contributed by atoms with Crippen molar-refractivity contribution in [2.24, 2.45) is 17.8 Å². The van der Waals surface area contributed by atoms with E-state index in [1.54, 1.807) is 7.11 Å². The summed E-state index contributed by atoms with van der Waals surface area (Å²) in [6.07, 6.45) is 8.50. The van der Waals surface area contributed by atoms with Crippen molar-refractivity contribution in [2.75, 3.05) is 7.11 Å². The van der Waals surface area contributed by atoms with Crippen molar-refractivity contribution in [2.45, 2.75) is 64.6 Å². The van der Waals surface area contributed by atoms with Gasteiger partial charge in [-0.15, -0.1) is 0 Å². The molecule has 0 aromatic heterocycles. The van der Waals surface area contributed by atoms with Crippen LogP contribution in [0.1, 0.15) is 53.4 Å². The standard InChI is InChI=1S/C17H28O3/c1-16(2,3)20-15(18)11-17(4,19-5)10-14-9-12-6-7-13(14)8-12/h6-7,12-14H,8-11H2,1-5H3. The fourth-order valence-electron chi connectivity index (χ4n) is 3.59. The van der Waals surface area contributed by atoms with Crippen LogP contribution in [0.3, 0.4) is 0 Å². The van der Waals surface area contributed by atoms with Gasteiger partial charge < -0.3 is 9.47 Å². The average molecular weight is 280 g/mol. The number of hydrogen-bond acceptors (Lipinski definition) is 3. The lowest BCUT2D eigenvalue weighted by Gasteiger charge is -2.33. The quantitative estimate of drug-likeness (QED) is 0.568. The molecule has 2 rings (SSSR count).